The van der Waals surface area contributed by atoms with Crippen LogP contribution in [0, 0.1) is 39.9 Å². The van der Waals surface area contributed by atoms with Crippen molar-refractivity contribution in [3.8, 4) is 0 Å². The van der Waals surface area contributed by atoms with Crippen molar-refractivity contribution in [2.75, 3.05) is 0 Å². The molecule has 2 nitrogen and oxygen atoms in total. The number of hydrogen-bond donors (Lipinski definition) is 0. The minimum atomic E-state index is -0.108. The first-order valence-corrected chi connectivity index (χ1v) is 10.2. The van der Waals surface area contributed by atoms with E-state index in [-0.39, 0.29) is 10.8 Å². The Kier molecular flexibility index (Phi) is 3.62. The molecule has 7 atom stereocenters. The monoisotopic (exact) mass is 330 g/mol. The van der Waals surface area contributed by atoms with E-state index in [9.17, 15) is 9.59 Å². The Morgan fingerprint density at radius 1 is 0.958 bits per heavy atom. The number of carbonyl (C=O) groups is 2. The van der Waals surface area contributed by atoms with Gasteiger partial charge in [0.25, 0.3) is 0 Å². The SMILES string of the molecule is CC(=O)[C@@]1(C)CCC2C3CC[C@H]4CC(=O)CCC4(C)C3CCC21C. The van der Waals surface area contributed by atoms with Crippen LogP contribution in [0.2, 0.25) is 0 Å². The second-order valence-corrected chi connectivity index (χ2v) is 10.3. The van der Waals surface area contributed by atoms with Crippen molar-refractivity contribution in [2.45, 2.75) is 85.5 Å². The van der Waals surface area contributed by atoms with Crippen molar-refractivity contribution in [3.05, 3.63) is 0 Å². The first kappa shape index (κ1) is 16.8. The fraction of sp³-hybridized carbons (Fsp3) is 0.909. The van der Waals surface area contributed by atoms with Gasteiger partial charge in [-0.15, -0.1) is 0 Å². The lowest BCUT2D eigenvalue weighted by atomic mass is 9.43. The van der Waals surface area contributed by atoms with Crippen molar-refractivity contribution in [3.63, 3.8) is 0 Å². The average molecular weight is 331 g/mol. The van der Waals surface area contributed by atoms with E-state index in [0.29, 0.717) is 22.9 Å². The molecular weight excluding hydrogens is 296 g/mol. The maximum absolute atomic E-state index is 12.5. The van der Waals surface area contributed by atoms with Gasteiger partial charge in [0.05, 0.1) is 0 Å². The number of Topliss-reactive ketones (excluding diaryl/α,β-unsaturated/α-hetero) is 2. The van der Waals surface area contributed by atoms with E-state index in [0.717, 1.165) is 43.4 Å². The first-order chi connectivity index (χ1) is 11.2. The fourth-order valence-electron chi connectivity index (χ4n) is 7.89. The highest BCUT2D eigenvalue weighted by Crippen LogP contribution is 2.70. The Morgan fingerprint density at radius 2 is 1.67 bits per heavy atom. The van der Waals surface area contributed by atoms with Gasteiger partial charge in [0.1, 0.15) is 11.6 Å². The fourth-order valence-corrected chi connectivity index (χ4v) is 7.89. The summed E-state index contributed by atoms with van der Waals surface area (Å²) in [5, 5.41) is 0. The molecule has 0 aliphatic heterocycles. The minimum Gasteiger partial charge on any atom is -0.300 e. The lowest BCUT2D eigenvalue weighted by Crippen LogP contribution is -2.55. The third-order valence-corrected chi connectivity index (χ3v) is 9.86. The van der Waals surface area contributed by atoms with Crippen molar-refractivity contribution in [2.24, 2.45) is 39.9 Å². The topological polar surface area (TPSA) is 34.1 Å². The second-order valence-electron chi connectivity index (χ2n) is 10.3. The standard InChI is InChI=1S/C22H34O2/c1-14(23)21(3)11-9-19-17-6-5-15-13-16(24)7-10-20(15,2)18(17)8-12-22(19,21)4/h15,17-19H,5-13H2,1-4H3/t15-,17?,18?,19?,20?,21+,22?/m0/s1. The van der Waals surface area contributed by atoms with Crippen LogP contribution in [-0.2, 0) is 9.59 Å². The van der Waals surface area contributed by atoms with Crippen LogP contribution in [0.1, 0.15) is 85.5 Å². The zero-order valence-electron chi connectivity index (χ0n) is 16.0. The van der Waals surface area contributed by atoms with Crippen molar-refractivity contribution < 1.29 is 9.59 Å². The summed E-state index contributed by atoms with van der Waals surface area (Å²) in [7, 11) is 0. The van der Waals surface area contributed by atoms with E-state index in [2.05, 4.69) is 20.8 Å². The number of fused-ring (bicyclic) bond motifs is 5. The molecule has 2 heteroatoms. The van der Waals surface area contributed by atoms with Gasteiger partial charge in [-0.1, -0.05) is 20.8 Å². The molecule has 4 rings (SSSR count). The predicted molar refractivity (Wildman–Crippen MR) is 95.5 cm³/mol. The summed E-state index contributed by atoms with van der Waals surface area (Å²) in [6, 6.07) is 0. The zero-order valence-corrected chi connectivity index (χ0v) is 16.0. The summed E-state index contributed by atoms with van der Waals surface area (Å²) >= 11 is 0. The van der Waals surface area contributed by atoms with Crippen LogP contribution in [0.15, 0.2) is 0 Å². The van der Waals surface area contributed by atoms with Gasteiger partial charge in [-0.05, 0) is 86.4 Å². The molecule has 4 fully saturated rings. The Bertz CT molecular complexity index is 581. The summed E-state index contributed by atoms with van der Waals surface area (Å²) in [6.07, 6.45) is 10.1. The molecule has 24 heavy (non-hydrogen) atoms. The van der Waals surface area contributed by atoms with E-state index < -0.39 is 0 Å². The largest absolute Gasteiger partial charge is 0.300 e. The zero-order chi connectivity index (χ0) is 17.3. The molecule has 0 aromatic rings. The van der Waals surface area contributed by atoms with Crippen LogP contribution in [0.3, 0.4) is 0 Å². The van der Waals surface area contributed by atoms with E-state index in [1.807, 2.05) is 6.92 Å². The van der Waals surface area contributed by atoms with E-state index in [1.165, 1.54) is 32.1 Å². The molecule has 0 aromatic heterocycles. The van der Waals surface area contributed by atoms with Crippen LogP contribution in [0.4, 0.5) is 0 Å². The Hall–Kier alpha value is -0.660. The average Bonchev–Trinajstić information content (AvgIpc) is 2.81. The number of hydrogen-bond acceptors (Lipinski definition) is 2. The molecule has 4 saturated carbocycles. The van der Waals surface area contributed by atoms with Crippen LogP contribution < -0.4 is 0 Å². The van der Waals surface area contributed by atoms with Gasteiger partial charge in [-0.25, -0.2) is 0 Å². The van der Waals surface area contributed by atoms with Crippen molar-refractivity contribution >= 4 is 11.6 Å². The van der Waals surface area contributed by atoms with Gasteiger partial charge in [0, 0.05) is 18.3 Å². The number of rotatable bonds is 1. The first-order valence-electron chi connectivity index (χ1n) is 10.2. The summed E-state index contributed by atoms with van der Waals surface area (Å²) in [5.74, 6) is 3.84. The highest BCUT2D eigenvalue weighted by molar-refractivity contribution is 5.83. The van der Waals surface area contributed by atoms with Gasteiger partial charge in [0.15, 0.2) is 0 Å². The van der Waals surface area contributed by atoms with Gasteiger partial charge in [-0.3, -0.25) is 9.59 Å². The molecule has 0 N–H and O–H groups in total. The molecule has 4 aliphatic carbocycles. The summed E-state index contributed by atoms with van der Waals surface area (Å²) in [5.41, 5.74) is 0.476. The van der Waals surface area contributed by atoms with Crippen molar-refractivity contribution in [1.29, 1.82) is 0 Å². The third kappa shape index (κ3) is 1.95. The minimum absolute atomic E-state index is 0.108. The van der Waals surface area contributed by atoms with Crippen LogP contribution in [-0.4, -0.2) is 11.6 Å². The normalized spacial score (nSPS) is 53.9. The second kappa shape index (κ2) is 5.17. The molecule has 0 amide bonds. The molecule has 0 radical (unpaired) electrons. The Labute approximate surface area is 147 Å². The van der Waals surface area contributed by atoms with Gasteiger partial charge >= 0.3 is 0 Å². The molecule has 4 aliphatic rings. The Morgan fingerprint density at radius 3 is 2.38 bits per heavy atom. The predicted octanol–water partition coefficient (Wildman–Crippen LogP) is 5.19. The highest BCUT2D eigenvalue weighted by Gasteiger charge is 2.64. The van der Waals surface area contributed by atoms with Crippen LogP contribution >= 0.6 is 0 Å². The number of carbonyl (C=O) groups excluding carboxylic acids is 2. The number of ketones is 2. The maximum atomic E-state index is 12.5. The molecular formula is C22H34O2. The lowest BCUT2D eigenvalue weighted by molar-refractivity contribution is -0.151. The quantitative estimate of drug-likeness (QED) is 0.662. The van der Waals surface area contributed by atoms with Gasteiger partial charge < -0.3 is 0 Å². The van der Waals surface area contributed by atoms with Gasteiger partial charge in [0.2, 0.25) is 0 Å². The Balaban J connectivity index is 1.66. The smallest absolute Gasteiger partial charge is 0.136 e. The molecule has 0 spiro atoms. The van der Waals surface area contributed by atoms with E-state index >= 15 is 0 Å². The summed E-state index contributed by atoms with van der Waals surface area (Å²) in [6.45, 7) is 9.01. The maximum Gasteiger partial charge on any atom is 0.136 e. The summed E-state index contributed by atoms with van der Waals surface area (Å²) in [4.78, 5) is 24.5. The third-order valence-electron chi connectivity index (χ3n) is 9.86. The van der Waals surface area contributed by atoms with E-state index in [1.54, 1.807) is 0 Å². The molecule has 134 valence electrons. The molecule has 0 saturated heterocycles. The van der Waals surface area contributed by atoms with Crippen LogP contribution in [0.25, 0.3) is 0 Å². The van der Waals surface area contributed by atoms with Crippen LogP contribution in [0.5, 0.6) is 0 Å². The summed E-state index contributed by atoms with van der Waals surface area (Å²) < 4.78 is 0. The molecule has 0 heterocycles. The lowest BCUT2D eigenvalue weighted by Gasteiger charge is -2.61. The molecule has 5 unspecified atom stereocenters. The van der Waals surface area contributed by atoms with Crippen molar-refractivity contribution in [1.82, 2.24) is 0 Å². The van der Waals surface area contributed by atoms with Gasteiger partial charge in [-0.2, -0.15) is 0 Å². The molecule has 0 aromatic carbocycles. The molecule has 0 bridgehead atoms. The van der Waals surface area contributed by atoms with E-state index in [4.69, 9.17) is 0 Å². The highest BCUT2D eigenvalue weighted by atomic mass is 16.1.